The summed E-state index contributed by atoms with van der Waals surface area (Å²) in [6.07, 6.45) is 1.37. The highest BCUT2D eigenvalue weighted by atomic mass is 32.1. The zero-order valence-electron chi connectivity index (χ0n) is 12.4. The first-order valence-corrected chi connectivity index (χ1v) is 7.72. The molecule has 0 bridgehead atoms. The van der Waals surface area contributed by atoms with Crippen molar-refractivity contribution in [3.63, 3.8) is 0 Å². The third kappa shape index (κ3) is 5.19. The second kappa shape index (κ2) is 8.81. The van der Waals surface area contributed by atoms with Crippen molar-refractivity contribution < 1.29 is 0 Å². The summed E-state index contributed by atoms with van der Waals surface area (Å²) in [6.45, 7) is 1.44. The van der Waals surface area contributed by atoms with Gasteiger partial charge in [0.2, 0.25) is 0 Å². The smallest absolute Gasteiger partial charge is 0.173 e. The van der Waals surface area contributed by atoms with Gasteiger partial charge in [-0.25, -0.2) is 0 Å². The van der Waals surface area contributed by atoms with Crippen LogP contribution in [0.15, 0.2) is 60.7 Å². The van der Waals surface area contributed by atoms with Gasteiger partial charge < -0.3 is 10.2 Å². The van der Waals surface area contributed by atoms with Gasteiger partial charge in [-0.2, -0.15) is 5.26 Å². The summed E-state index contributed by atoms with van der Waals surface area (Å²) in [5.74, 6) is 0. The minimum Gasteiger partial charge on any atom is -0.348 e. The number of nitriles is 1. The van der Waals surface area contributed by atoms with E-state index in [1.807, 2.05) is 48.5 Å². The normalized spacial score (nSPS) is 9.77. The van der Waals surface area contributed by atoms with E-state index in [-0.39, 0.29) is 0 Å². The Kier molecular flexibility index (Phi) is 6.40. The van der Waals surface area contributed by atoms with Crippen molar-refractivity contribution in [3.8, 4) is 6.07 Å². The fourth-order valence-electron chi connectivity index (χ4n) is 2.13. The molecule has 0 saturated heterocycles. The Bertz CT molecular complexity index is 620. The Labute approximate surface area is 137 Å². The van der Waals surface area contributed by atoms with Gasteiger partial charge in [-0.15, -0.1) is 0 Å². The molecule has 3 nitrogen and oxygen atoms in total. The van der Waals surface area contributed by atoms with E-state index in [0.29, 0.717) is 18.1 Å². The summed E-state index contributed by atoms with van der Waals surface area (Å²) in [5, 5.41) is 12.7. The lowest BCUT2D eigenvalue weighted by Crippen LogP contribution is -2.37. The van der Waals surface area contributed by atoms with E-state index in [2.05, 4.69) is 28.4 Å². The number of thiocarbonyl (C=S) groups is 1. The van der Waals surface area contributed by atoms with E-state index in [1.165, 1.54) is 5.56 Å². The largest absolute Gasteiger partial charge is 0.348 e. The van der Waals surface area contributed by atoms with Crippen LogP contribution < -0.4 is 5.32 Å². The number of nitrogens with zero attached hydrogens (tertiary/aromatic N) is 2. The summed E-state index contributed by atoms with van der Waals surface area (Å²) in [5.41, 5.74) is 2.24. The van der Waals surface area contributed by atoms with Crippen molar-refractivity contribution in [1.29, 1.82) is 5.26 Å². The Hall–Kier alpha value is -2.38. The lowest BCUT2D eigenvalue weighted by molar-refractivity contribution is 0.437. The molecular formula is C18H19N3S. The van der Waals surface area contributed by atoms with Crippen LogP contribution in [0, 0.1) is 11.3 Å². The average molecular weight is 309 g/mol. The van der Waals surface area contributed by atoms with Crippen molar-refractivity contribution >= 4 is 23.0 Å². The average Bonchev–Trinajstić information content (AvgIpc) is 2.56. The standard InChI is InChI=1S/C18H19N3S/c19-13-7-14-21(15-12-16-8-3-1-4-9-16)18(22)20-17-10-5-2-6-11-17/h1-6,8-11H,7,12,14-15H2,(H,20,22). The molecule has 112 valence electrons. The number of para-hydroxylation sites is 1. The van der Waals surface area contributed by atoms with Gasteiger partial charge in [-0.1, -0.05) is 48.5 Å². The summed E-state index contributed by atoms with van der Waals surface area (Å²) in [4.78, 5) is 2.05. The van der Waals surface area contributed by atoms with Crippen LogP contribution in [-0.2, 0) is 6.42 Å². The molecule has 2 aromatic rings. The summed E-state index contributed by atoms with van der Waals surface area (Å²) in [7, 11) is 0. The van der Waals surface area contributed by atoms with Crippen LogP contribution in [0.4, 0.5) is 5.69 Å². The van der Waals surface area contributed by atoms with Gasteiger partial charge in [0.05, 0.1) is 12.5 Å². The molecule has 0 aromatic heterocycles. The maximum Gasteiger partial charge on any atom is 0.173 e. The highest BCUT2D eigenvalue weighted by Gasteiger charge is 2.09. The number of nitrogens with one attached hydrogen (secondary N) is 1. The number of benzene rings is 2. The van der Waals surface area contributed by atoms with E-state index in [0.717, 1.165) is 18.7 Å². The molecule has 0 saturated carbocycles. The SMILES string of the molecule is N#CCCN(CCc1ccccc1)C(=S)Nc1ccccc1. The van der Waals surface area contributed by atoms with Crippen LogP contribution in [-0.4, -0.2) is 23.1 Å². The van der Waals surface area contributed by atoms with Crippen LogP contribution >= 0.6 is 12.2 Å². The van der Waals surface area contributed by atoms with Gasteiger partial charge in [0.15, 0.2) is 5.11 Å². The highest BCUT2D eigenvalue weighted by Crippen LogP contribution is 2.08. The molecule has 0 aliphatic rings. The third-order valence-electron chi connectivity index (χ3n) is 3.32. The molecule has 0 aliphatic heterocycles. The second-order valence-electron chi connectivity index (χ2n) is 4.93. The van der Waals surface area contributed by atoms with Gasteiger partial charge in [0, 0.05) is 18.8 Å². The lowest BCUT2D eigenvalue weighted by atomic mass is 10.1. The monoisotopic (exact) mass is 309 g/mol. The van der Waals surface area contributed by atoms with Crippen LogP contribution in [0.2, 0.25) is 0 Å². The maximum absolute atomic E-state index is 8.83. The number of hydrogen-bond acceptors (Lipinski definition) is 2. The zero-order valence-corrected chi connectivity index (χ0v) is 13.2. The molecule has 4 heteroatoms. The van der Waals surface area contributed by atoms with Crippen LogP contribution in [0.5, 0.6) is 0 Å². The minimum atomic E-state index is 0.464. The summed E-state index contributed by atoms with van der Waals surface area (Å²) < 4.78 is 0. The van der Waals surface area contributed by atoms with E-state index in [9.17, 15) is 0 Å². The maximum atomic E-state index is 8.83. The van der Waals surface area contributed by atoms with Gasteiger partial charge in [0.25, 0.3) is 0 Å². The topological polar surface area (TPSA) is 39.1 Å². The number of hydrogen-bond donors (Lipinski definition) is 1. The molecule has 0 spiro atoms. The van der Waals surface area contributed by atoms with Crippen molar-refractivity contribution in [1.82, 2.24) is 4.90 Å². The van der Waals surface area contributed by atoms with E-state index in [1.54, 1.807) is 0 Å². The van der Waals surface area contributed by atoms with E-state index in [4.69, 9.17) is 17.5 Å². The quantitative estimate of drug-likeness (QED) is 0.823. The van der Waals surface area contributed by atoms with E-state index < -0.39 is 0 Å². The predicted octanol–water partition coefficient (Wildman–Crippen LogP) is 3.84. The molecule has 0 amide bonds. The Morgan fingerprint density at radius 3 is 2.27 bits per heavy atom. The molecule has 2 aromatic carbocycles. The Morgan fingerprint density at radius 2 is 1.64 bits per heavy atom. The molecule has 0 fully saturated rings. The van der Waals surface area contributed by atoms with Crippen molar-refractivity contribution in [2.45, 2.75) is 12.8 Å². The molecule has 0 heterocycles. The third-order valence-corrected chi connectivity index (χ3v) is 3.68. The fraction of sp³-hybridized carbons (Fsp3) is 0.222. The van der Waals surface area contributed by atoms with Crippen LogP contribution in [0.25, 0.3) is 0 Å². The molecular weight excluding hydrogens is 290 g/mol. The first-order valence-electron chi connectivity index (χ1n) is 7.31. The van der Waals surface area contributed by atoms with E-state index >= 15 is 0 Å². The summed E-state index contributed by atoms with van der Waals surface area (Å²) in [6, 6.07) is 22.3. The van der Waals surface area contributed by atoms with Crippen molar-refractivity contribution in [2.75, 3.05) is 18.4 Å². The molecule has 0 unspecified atom stereocenters. The lowest BCUT2D eigenvalue weighted by Gasteiger charge is -2.25. The van der Waals surface area contributed by atoms with Gasteiger partial charge in [-0.3, -0.25) is 0 Å². The van der Waals surface area contributed by atoms with Crippen molar-refractivity contribution in [2.24, 2.45) is 0 Å². The number of rotatable bonds is 6. The molecule has 0 aliphatic carbocycles. The van der Waals surface area contributed by atoms with Crippen LogP contribution in [0.3, 0.4) is 0 Å². The Morgan fingerprint density at radius 1 is 1.00 bits per heavy atom. The molecule has 1 N–H and O–H groups in total. The van der Waals surface area contributed by atoms with Gasteiger partial charge >= 0.3 is 0 Å². The number of anilines is 1. The first-order chi connectivity index (χ1) is 10.8. The molecule has 2 rings (SSSR count). The second-order valence-corrected chi connectivity index (χ2v) is 5.31. The molecule has 0 radical (unpaired) electrons. The summed E-state index contributed by atoms with van der Waals surface area (Å²) >= 11 is 5.49. The molecule has 22 heavy (non-hydrogen) atoms. The van der Waals surface area contributed by atoms with Gasteiger partial charge in [-0.05, 0) is 36.3 Å². The Balaban J connectivity index is 1.96. The fourth-order valence-corrected chi connectivity index (χ4v) is 2.43. The highest BCUT2D eigenvalue weighted by molar-refractivity contribution is 7.80. The first kappa shape index (κ1) is 16.0. The predicted molar refractivity (Wildman–Crippen MR) is 94.6 cm³/mol. The minimum absolute atomic E-state index is 0.464. The van der Waals surface area contributed by atoms with Gasteiger partial charge in [0.1, 0.15) is 0 Å². The zero-order chi connectivity index (χ0) is 15.6. The van der Waals surface area contributed by atoms with Crippen LogP contribution in [0.1, 0.15) is 12.0 Å². The van der Waals surface area contributed by atoms with Crippen molar-refractivity contribution in [3.05, 3.63) is 66.2 Å². The molecule has 0 atom stereocenters.